The maximum atomic E-state index is 10.5. The fraction of sp³-hybridized carbons (Fsp3) is 0.857. The molecule has 7 heteroatoms. The lowest BCUT2D eigenvalue weighted by Crippen LogP contribution is -2.60. The number of carbonyl (C=O) groups is 1. The first-order valence-corrected chi connectivity index (χ1v) is 3.94. The molecule has 0 spiro atoms. The van der Waals surface area contributed by atoms with Crippen LogP contribution in [0.25, 0.3) is 0 Å². The number of rotatable bonds is 2. The monoisotopic (exact) mass is 208 g/mol. The minimum atomic E-state index is -1.67. The Hall–Kier alpha value is -0.730. The van der Waals surface area contributed by atoms with Gasteiger partial charge < -0.3 is 29.9 Å². The van der Waals surface area contributed by atoms with E-state index in [1.165, 1.54) is 7.11 Å². The summed E-state index contributed by atoms with van der Waals surface area (Å²) in [5, 5.41) is 36.3. The number of aliphatic carboxylic acids is 1. The summed E-state index contributed by atoms with van der Waals surface area (Å²) in [6, 6.07) is 0. The SMILES string of the molecule is CO[C@@H]1O[C@H](C(=O)O)[C@H](O)[C@@H](O)[C@H]1O. The molecule has 7 nitrogen and oxygen atoms in total. The van der Waals surface area contributed by atoms with Gasteiger partial charge in [-0.3, -0.25) is 0 Å². The third-order valence-electron chi connectivity index (χ3n) is 2.05. The predicted octanol–water partition coefficient (Wildman–Crippen LogP) is -2.47. The summed E-state index contributed by atoms with van der Waals surface area (Å²) in [6.07, 6.45) is -7.60. The zero-order chi connectivity index (χ0) is 10.9. The van der Waals surface area contributed by atoms with Gasteiger partial charge in [0.15, 0.2) is 12.4 Å². The predicted molar refractivity (Wildman–Crippen MR) is 41.3 cm³/mol. The Bertz CT molecular complexity index is 216. The molecule has 1 saturated heterocycles. The van der Waals surface area contributed by atoms with Crippen molar-refractivity contribution in [1.82, 2.24) is 0 Å². The van der Waals surface area contributed by atoms with Crippen molar-refractivity contribution in [3.8, 4) is 0 Å². The minimum absolute atomic E-state index is 1.19. The van der Waals surface area contributed by atoms with Crippen LogP contribution in [0.15, 0.2) is 0 Å². The minimum Gasteiger partial charge on any atom is -0.479 e. The number of hydrogen-bond acceptors (Lipinski definition) is 6. The van der Waals surface area contributed by atoms with E-state index in [0.29, 0.717) is 0 Å². The Morgan fingerprint density at radius 2 is 1.79 bits per heavy atom. The maximum absolute atomic E-state index is 10.5. The molecule has 0 saturated carbocycles. The van der Waals surface area contributed by atoms with Crippen molar-refractivity contribution in [1.29, 1.82) is 0 Å². The molecule has 1 fully saturated rings. The maximum Gasteiger partial charge on any atom is 0.335 e. The van der Waals surface area contributed by atoms with Gasteiger partial charge in [-0.05, 0) is 0 Å². The largest absolute Gasteiger partial charge is 0.479 e. The van der Waals surface area contributed by atoms with Crippen LogP contribution in [0.2, 0.25) is 0 Å². The number of carboxylic acids is 1. The molecule has 1 aliphatic heterocycles. The highest BCUT2D eigenvalue weighted by atomic mass is 16.7. The third kappa shape index (κ3) is 1.86. The molecular formula is C7H12O7. The summed E-state index contributed by atoms with van der Waals surface area (Å²) < 4.78 is 9.31. The lowest BCUT2D eigenvalue weighted by molar-refractivity contribution is -0.287. The number of aliphatic hydroxyl groups excluding tert-OH is 3. The number of carboxylic acid groups (broad SMARTS) is 1. The summed E-state index contributed by atoms with van der Waals surface area (Å²) in [5.74, 6) is -1.43. The molecule has 82 valence electrons. The summed E-state index contributed by atoms with van der Waals surface area (Å²) in [6.45, 7) is 0. The van der Waals surface area contributed by atoms with Crippen LogP contribution in [-0.4, -0.2) is 64.2 Å². The Balaban J connectivity index is 2.78. The second-order valence-corrected chi connectivity index (χ2v) is 2.97. The molecule has 0 amide bonds. The Morgan fingerprint density at radius 3 is 2.21 bits per heavy atom. The number of hydrogen-bond donors (Lipinski definition) is 4. The van der Waals surface area contributed by atoms with Gasteiger partial charge in [0.1, 0.15) is 18.3 Å². The molecule has 1 aliphatic rings. The van der Waals surface area contributed by atoms with Crippen molar-refractivity contribution in [2.24, 2.45) is 0 Å². The molecule has 5 atom stereocenters. The van der Waals surface area contributed by atoms with Gasteiger partial charge in [-0.1, -0.05) is 0 Å². The first-order chi connectivity index (χ1) is 6.49. The van der Waals surface area contributed by atoms with E-state index in [2.05, 4.69) is 4.74 Å². The zero-order valence-electron chi connectivity index (χ0n) is 7.40. The first-order valence-electron chi connectivity index (χ1n) is 3.94. The summed E-state index contributed by atoms with van der Waals surface area (Å²) in [4.78, 5) is 10.5. The van der Waals surface area contributed by atoms with Crippen LogP contribution in [0.5, 0.6) is 0 Å². The van der Waals surface area contributed by atoms with Crippen LogP contribution in [0.4, 0.5) is 0 Å². The van der Waals surface area contributed by atoms with Crippen molar-refractivity contribution < 1.29 is 34.7 Å². The molecule has 1 heterocycles. The molecule has 4 N–H and O–H groups in total. The smallest absolute Gasteiger partial charge is 0.335 e. The Labute approximate surface area is 79.5 Å². The average Bonchev–Trinajstić information content (AvgIpc) is 2.14. The molecular weight excluding hydrogens is 196 g/mol. The lowest BCUT2D eigenvalue weighted by Gasteiger charge is -2.37. The van der Waals surface area contributed by atoms with E-state index in [-0.39, 0.29) is 0 Å². The molecule has 0 aromatic rings. The van der Waals surface area contributed by atoms with Crippen LogP contribution in [0.1, 0.15) is 0 Å². The molecule has 0 aromatic heterocycles. The highest BCUT2D eigenvalue weighted by molar-refractivity contribution is 5.73. The van der Waals surface area contributed by atoms with Gasteiger partial charge in [-0.15, -0.1) is 0 Å². The van der Waals surface area contributed by atoms with Gasteiger partial charge in [0, 0.05) is 7.11 Å². The van der Waals surface area contributed by atoms with E-state index in [1.807, 2.05) is 0 Å². The average molecular weight is 208 g/mol. The van der Waals surface area contributed by atoms with Gasteiger partial charge in [0.05, 0.1) is 0 Å². The van der Waals surface area contributed by atoms with Gasteiger partial charge in [-0.25, -0.2) is 4.79 Å². The topological polar surface area (TPSA) is 116 Å². The van der Waals surface area contributed by atoms with E-state index in [1.54, 1.807) is 0 Å². The van der Waals surface area contributed by atoms with E-state index in [4.69, 9.17) is 9.84 Å². The summed E-state index contributed by atoms with van der Waals surface area (Å²) in [7, 11) is 1.19. The molecule has 14 heavy (non-hydrogen) atoms. The molecule has 0 bridgehead atoms. The zero-order valence-corrected chi connectivity index (χ0v) is 7.40. The fourth-order valence-electron chi connectivity index (χ4n) is 1.25. The van der Waals surface area contributed by atoms with Crippen molar-refractivity contribution >= 4 is 5.97 Å². The molecule has 0 unspecified atom stereocenters. The van der Waals surface area contributed by atoms with E-state index in [0.717, 1.165) is 0 Å². The van der Waals surface area contributed by atoms with Crippen LogP contribution >= 0.6 is 0 Å². The van der Waals surface area contributed by atoms with Crippen LogP contribution in [-0.2, 0) is 14.3 Å². The van der Waals surface area contributed by atoms with Gasteiger partial charge in [0.2, 0.25) is 0 Å². The molecule has 0 aliphatic carbocycles. The van der Waals surface area contributed by atoms with E-state index in [9.17, 15) is 20.1 Å². The first kappa shape index (κ1) is 11.3. The quantitative estimate of drug-likeness (QED) is 0.397. The van der Waals surface area contributed by atoms with E-state index < -0.39 is 36.7 Å². The second kappa shape index (κ2) is 4.20. The fourth-order valence-corrected chi connectivity index (χ4v) is 1.25. The Kier molecular flexibility index (Phi) is 3.40. The molecule has 0 radical (unpaired) electrons. The lowest BCUT2D eigenvalue weighted by atomic mass is 9.99. The number of aliphatic hydroxyl groups is 3. The Morgan fingerprint density at radius 1 is 1.21 bits per heavy atom. The van der Waals surface area contributed by atoms with Crippen molar-refractivity contribution in [3.05, 3.63) is 0 Å². The highest BCUT2D eigenvalue weighted by Gasteiger charge is 2.46. The standard InChI is InChI=1S/C7H12O7/c1-13-7-4(10)2(8)3(9)5(14-7)6(11)12/h2-5,7-10H,1H3,(H,11,12)/t2-,3-,4-,5+,7-/m1/s1. The van der Waals surface area contributed by atoms with Gasteiger partial charge in [-0.2, -0.15) is 0 Å². The van der Waals surface area contributed by atoms with Crippen LogP contribution < -0.4 is 0 Å². The van der Waals surface area contributed by atoms with Crippen molar-refractivity contribution in [3.63, 3.8) is 0 Å². The highest BCUT2D eigenvalue weighted by Crippen LogP contribution is 2.21. The van der Waals surface area contributed by atoms with Gasteiger partial charge >= 0.3 is 5.97 Å². The number of ether oxygens (including phenoxy) is 2. The van der Waals surface area contributed by atoms with Crippen molar-refractivity contribution in [2.75, 3.05) is 7.11 Å². The van der Waals surface area contributed by atoms with E-state index >= 15 is 0 Å². The summed E-state index contributed by atoms with van der Waals surface area (Å²) >= 11 is 0. The van der Waals surface area contributed by atoms with Crippen LogP contribution in [0.3, 0.4) is 0 Å². The normalized spacial score (nSPS) is 43.6. The second-order valence-electron chi connectivity index (χ2n) is 2.97. The number of methoxy groups -OCH3 is 1. The molecule has 1 rings (SSSR count). The molecule has 0 aromatic carbocycles. The third-order valence-corrected chi connectivity index (χ3v) is 2.05. The van der Waals surface area contributed by atoms with Gasteiger partial charge in [0.25, 0.3) is 0 Å². The van der Waals surface area contributed by atoms with Crippen LogP contribution in [0, 0.1) is 0 Å². The van der Waals surface area contributed by atoms with Crippen molar-refractivity contribution in [2.45, 2.75) is 30.7 Å². The summed E-state index contributed by atoms with van der Waals surface area (Å²) in [5.41, 5.74) is 0.